The maximum Gasteiger partial charge on any atom is 0.338 e. The van der Waals surface area contributed by atoms with Crippen molar-refractivity contribution < 1.29 is 23.9 Å². The summed E-state index contributed by atoms with van der Waals surface area (Å²) in [6, 6.07) is 12.5. The average molecular weight is 482 g/mol. The molecule has 8 nitrogen and oxygen atoms in total. The summed E-state index contributed by atoms with van der Waals surface area (Å²) in [5.41, 5.74) is 4.08. The van der Waals surface area contributed by atoms with E-state index in [4.69, 9.17) is 9.47 Å². The van der Waals surface area contributed by atoms with Gasteiger partial charge in [0.05, 0.1) is 36.1 Å². The Balaban J connectivity index is 1.55. The second kappa shape index (κ2) is 10.3. The van der Waals surface area contributed by atoms with Gasteiger partial charge in [-0.2, -0.15) is 0 Å². The van der Waals surface area contributed by atoms with Crippen LogP contribution < -0.4 is 0 Å². The minimum Gasteiger partial charge on any atom is -0.467 e. The highest BCUT2D eigenvalue weighted by Crippen LogP contribution is 2.28. The Morgan fingerprint density at radius 1 is 1.12 bits per heavy atom. The summed E-state index contributed by atoms with van der Waals surface area (Å²) in [6.07, 6.45) is 0.434. The van der Waals surface area contributed by atoms with Crippen LogP contribution in [0, 0.1) is 0 Å². The molecule has 0 aliphatic carbocycles. The molecule has 1 aromatic heterocycles. The number of esters is 2. The van der Waals surface area contributed by atoms with Crippen LogP contribution in [-0.2, 0) is 38.6 Å². The normalized spacial score (nSPS) is 15.1. The molecular weight excluding hydrogens is 454 g/mol. The molecule has 0 saturated carbocycles. The number of carbonyl (C=O) groups excluding carboxylic acids is 3. The molecule has 178 valence electrons. The van der Waals surface area contributed by atoms with E-state index >= 15 is 0 Å². The number of hydrogen-bond acceptors (Lipinski definition) is 7. The molecule has 2 heterocycles. The number of hydrogen-bond donors (Lipinski definition) is 0. The highest BCUT2D eigenvalue weighted by molar-refractivity contribution is 7.99. The van der Waals surface area contributed by atoms with E-state index in [0.29, 0.717) is 42.4 Å². The first-order valence-corrected chi connectivity index (χ1v) is 12.2. The van der Waals surface area contributed by atoms with E-state index in [1.165, 1.54) is 18.9 Å². The van der Waals surface area contributed by atoms with Gasteiger partial charge in [0.25, 0.3) is 0 Å². The number of rotatable bonds is 7. The maximum atomic E-state index is 13.2. The lowest BCUT2D eigenvalue weighted by atomic mass is 9.94. The first kappa shape index (κ1) is 23.8. The van der Waals surface area contributed by atoms with Crippen LogP contribution in [0.5, 0.6) is 0 Å². The van der Waals surface area contributed by atoms with Crippen molar-refractivity contribution in [3.63, 3.8) is 0 Å². The number of ether oxygens (including phenoxy) is 2. The summed E-state index contributed by atoms with van der Waals surface area (Å²) in [4.78, 5) is 44.0. The number of nitrogens with zero attached hydrogens (tertiary/aromatic N) is 3. The van der Waals surface area contributed by atoms with Crippen LogP contribution in [0.15, 0.2) is 47.6 Å². The Bertz CT molecular complexity index is 1240. The van der Waals surface area contributed by atoms with E-state index in [-0.39, 0.29) is 17.6 Å². The molecule has 2 aromatic carbocycles. The molecule has 3 aromatic rings. The van der Waals surface area contributed by atoms with Crippen molar-refractivity contribution in [3.8, 4) is 0 Å². The highest BCUT2D eigenvalue weighted by Gasteiger charge is 2.35. The Morgan fingerprint density at radius 3 is 2.59 bits per heavy atom. The van der Waals surface area contributed by atoms with Gasteiger partial charge in [0.2, 0.25) is 5.91 Å². The van der Waals surface area contributed by atoms with Crippen LogP contribution in [0.4, 0.5) is 0 Å². The molecule has 1 aliphatic rings. The summed E-state index contributed by atoms with van der Waals surface area (Å²) in [5.74, 6) is -0.833. The number of amides is 1. The lowest BCUT2D eigenvalue weighted by Gasteiger charge is -2.35. The maximum absolute atomic E-state index is 13.2. The van der Waals surface area contributed by atoms with Crippen LogP contribution in [0.2, 0.25) is 0 Å². The zero-order chi connectivity index (χ0) is 24.2. The molecule has 1 aliphatic heterocycles. The molecule has 9 heteroatoms. The Labute approximate surface area is 202 Å². The van der Waals surface area contributed by atoms with Gasteiger partial charge in [-0.25, -0.2) is 14.6 Å². The monoisotopic (exact) mass is 481 g/mol. The van der Waals surface area contributed by atoms with Gasteiger partial charge >= 0.3 is 11.9 Å². The quantitative estimate of drug-likeness (QED) is 0.377. The lowest BCUT2D eigenvalue weighted by molar-refractivity contribution is -0.153. The minimum atomic E-state index is -0.648. The third kappa shape index (κ3) is 4.65. The van der Waals surface area contributed by atoms with Crippen molar-refractivity contribution in [3.05, 3.63) is 59.2 Å². The Kier molecular flexibility index (Phi) is 7.21. The molecule has 34 heavy (non-hydrogen) atoms. The van der Waals surface area contributed by atoms with Gasteiger partial charge in [-0.1, -0.05) is 36.0 Å². The molecule has 1 amide bonds. The number of aromatic nitrogens is 2. The summed E-state index contributed by atoms with van der Waals surface area (Å²) < 4.78 is 12.1. The van der Waals surface area contributed by atoms with Crippen molar-refractivity contribution in [2.75, 3.05) is 19.5 Å². The van der Waals surface area contributed by atoms with Gasteiger partial charge in [0, 0.05) is 19.5 Å². The molecule has 0 fully saturated rings. The average Bonchev–Trinajstić information content (AvgIpc) is 3.22. The van der Waals surface area contributed by atoms with Crippen molar-refractivity contribution in [1.29, 1.82) is 0 Å². The SMILES string of the molecule is CCOC(=O)c1ccc2c(c1)nc(SCC(=O)N1Cc3ccccc3C[C@@H]1C(=O)OC)n2CC. The number of methoxy groups -OCH3 is 1. The number of thioether (sulfide) groups is 1. The molecule has 0 radical (unpaired) electrons. The van der Waals surface area contributed by atoms with E-state index in [2.05, 4.69) is 4.98 Å². The molecule has 4 rings (SSSR count). The van der Waals surface area contributed by atoms with Crippen LogP contribution in [-0.4, -0.2) is 57.8 Å². The summed E-state index contributed by atoms with van der Waals surface area (Å²) in [6.45, 7) is 5.09. The number of carbonyl (C=O) groups is 3. The topological polar surface area (TPSA) is 90.7 Å². The lowest BCUT2D eigenvalue weighted by Crippen LogP contribution is -2.49. The van der Waals surface area contributed by atoms with Gasteiger partial charge in [-0.3, -0.25) is 4.79 Å². The zero-order valence-electron chi connectivity index (χ0n) is 19.4. The van der Waals surface area contributed by atoms with E-state index in [1.54, 1.807) is 24.0 Å². The summed E-state index contributed by atoms with van der Waals surface area (Å²) in [7, 11) is 1.34. The molecule has 0 saturated heterocycles. The Hall–Kier alpha value is -3.33. The zero-order valence-corrected chi connectivity index (χ0v) is 20.3. The van der Waals surface area contributed by atoms with Crippen molar-refractivity contribution in [1.82, 2.24) is 14.5 Å². The van der Waals surface area contributed by atoms with E-state index in [9.17, 15) is 14.4 Å². The molecule has 0 N–H and O–H groups in total. The van der Waals surface area contributed by atoms with Crippen LogP contribution >= 0.6 is 11.8 Å². The first-order chi connectivity index (χ1) is 16.5. The fourth-order valence-corrected chi connectivity index (χ4v) is 5.17. The van der Waals surface area contributed by atoms with Crippen LogP contribution in [0.1, 0.15) is 35.3 Å². The van der Waals surface area contributed by atoms with Gasteiger partial charge in [0.15, 0.2) is 5.16 Å². The fraction of sp³-hybridized carbons (Fsp3) is 0.360. The molecule has 0 unspecified atom stereocenters. The Morgan fingerprint density at radius 2 is 1.88 bits per heavy atom. The standard InChI is InChI=1S/C25H27N3O5S/c1-4-27-20-11-10-17(23(30)33-5-2)12-19(20)26-25(27)34-15-22(29)28-14-18-9-7-6-8-16(18)13-21(28)24(31)32-3/h6-12,21H,4-5,13-15H2,1-3H3/t21-/m1/s1. The molecule has 0 spiro atoms. The van der Waals surface area contributed by atoms with Crippen molar-refractivity contribution in [2.24, 2.45) is 0 Å². The first-order valence-electron chi connectivity index (χ1n) is 11.2. The highest BCUT2D eigenvalue weighted by atomic mass is 32.2. The summed E-state index contributed by atoms with van der Waals surface area (Å²) in [5, 5.41) is 0.680. The number of fused-ring (bicyclic) bond motifs is 2. The van der Waals surface area contributed by atoms with E-state index in [0.717, 1.165) is 16.6 Å². The summed E-state index contributed by atoms with van der Waals surface area (Å²) >= 11 is 1.32. The number of imidazole rings is 1. The predicted octanol–water partition coefficient (Wildman–Crippen LogP) is 3.45. The van der Waals surface area contributed by atoms with Crippen molar-refractivity contribution >= 4 is 40.6 Å². The number of aryl methyl sites for hydroxylation is 1. The molecule has 0 bridgehead atoms. The van der Waals surface area contributed by atoms with Gasteiger partial charge in [-0.05, 0) is 43.2 Å². The van der Waals surface area contributed by atoms with Crippen LogP contribution in [0.3, 0.4) is 0 Å². The van der Waals surface area contributed by atoms with Gasteiger partial charge < -0.3 is 18.9 Å². The fourth-order valence-electron chi connectivity index (χ4n) is 4.21. The van der Waals surface area contributed by atoms with Crippen molar-refractivity contribution in [2.45, 2.75) is 44.6 Å². The third-order valence-electron chi connectivity index (χ3n) is 5.91. The largest absolute Gasteiger partial charge is 0.467 e. The minimum absolute atomic E-state index is 0.129. The van der Waals surface area contributed by atoms with E-state index < -0.39 is 12.0 Å². The molecular formula is C25H27N3O5S. The van der Waals surface area contributed by atoms with Gasteiger partial charge in [0.1, 0.15) is 6.04 Å². The number of benzene rings is 2. The second-order valence-corrected chi connectivity index (χ2v) is 8.83. The predicted molar refractivity (Wildman–Crippen MR) is 129 cm³/mol. The van der Waals surface area contributed by atoms with E-state index in [1.807, 2.05) is 41.8 Å². The van der Waals surface area contributed by atoms with Crippen LogP contribution in [0.25, 0.3) is 11.0 Å². The second-order valence-electron chi connectivity index (χ2n) is 7.88. The molecule has 1 atom stereocenters. The van der Waals surface area contributed by atoms with Gasteiger partial charge in [-0.15, -0.1) is 0 Å². The third-order valence-corrected chi connectivity index (χ3v) is 6.87. The smallest absolute Gasteiger partial charge is 0.338 e.